The molecule has 1 aliphatic rings. The molecular formula is C23H29FN2OS. The molecule has 1 N–H and O–H groups in total. The molecule has 0 aliphatic carbocycles. The molecule has 2 aromatic rings. The molecule has 1 aliphatic heterocycles. The van der Waals surface area contributed by atoms with Gasteiger partial charge in [-0.1, -0.05) is 37.3 Å². The molecule has 5 heteroatoms. The zero-order valence-corrected chi connectivity index (χ0v) is 17.5. The largest absolute Gasteiger partial charge is 0.371 e. The molecule has 0 unspecified atom stereocenters. The number of rotatable bonds is 7. The minimum Gasteiger partial charge on any atom is -0.371 e. The van der Waals surface area contributed by atoms with Gasteiger partial charge in [-0.05, 0) is 55.0 Å². The van der Waals surface area contributed by atoms with Crippen molar-refractivity contribution < 1.29 is 9.18 Å². The van der Waals surface area contributed by atoms with E-state index in [1.165, 1.54) is 36.4 Å². The highest BCUT2D eigenvalue weighted by Crippen LogP contribution is 2.24. The van der Waals surface area contributed by atoms with E-state index in [1.807, 2.05) is 13.0 Å². The van der Waals surface area contributed by atoms with E-state index in [2.05, 4.69) is 41.4 Å². The van der Waals surface area contributed by atoms with Crippen molar-refractivity contribution in [2.24, 2.45) is 5.92 Å². The molecule has 1 amide bonds. The Morgan fingerprint density at radius 2 is 2.00 bits per heavy atom. The van der Waals surface area contributed by atoms with E-state index in [9.17, 15) is 9.18 Å². The van der Waals surface area contributed by atoms with Crippen LogP contribution >= 0.6 is 11.8 Å². The van der Waals surface area contributed by atoms with E-state index in [-0.39, 0.29) is 17.8 Å². The number of anilines is 1. The lowest BCUT2D eigenvalue weighted by molar-refractivity contribution is -0.119. The molecule has 28 heavy (non-hydrogen) atoms. The fraction of sp³-hybridized carbons (Fsp3) is 0.435. The highest BCUT2D eigenvalue weighted by atomic mass is 32.2. The first-order valence-electron chi connectivity index (χ1n) is 9.98. The first-order chi connectivity index (χ1) is 13.5. The Balaban J connectivity index is 1.46. The van der Waals surface area contributed by atoms with Gasteiger partial charge in [-0.15, -0.1) is 11.8 Å². The molecule has 1 heterocycles. The summed E-state index contributed by atoms with van der Waals surface area (Å²) in [5, 5.41) is 3.04. The fourth-order valence-electron chi connectivity index (χ4n) is 3.63. The average Bonchev–Trinajstić information content (AvgIpc) is 2.69. The Morgan fingerprint density at radius 3 is 2.71 bits per heavy atom. The van der Waals surface area contributed by atoms with Gasteiger partial charge >= 0.3 is 0 Å². The van der Waals surface area contributed by atoms with Gasteiger partial charge in [0.2, 0.25) is 5.91 Å². The number of thioether (sulfide) groups is 1. The third-order valence-corrected chi connectivity index (χ3v) is 6.22. The van der Waals surface area contributed by atoms with Crippen LogP contribution in [0.2, 0.25) is 0 Å². The molecule has 2 atom stereocenters. The Morgan fingerprint density at radius 1 is 1.25 bits per heavy atom. The van der Waals surface area contributed by atoms with E-state index >= 15 is 0 Å². The van der Waals surface area contributed by atoms with Crippen LogP contribution < -0.4 is 10.2 Å². The van der Waals surface area contributed by atoms with Gasteiger partial charge in [0, 0.05) is 24.5 Å². The highest BCUT2D eigenvalue weighted by Gasteiger charge is 2.17. The predicted octanol–water partition coefficient (Wildman–Crippen LogP) is 5.17. The maximum Gasteiger partial charge on any atom is 0.230 e. The smallest absolute Gasteiger partial charge is 0.230 e. The van der Waals surface area contributed by atoms with Crippen LogP contribution in [0.1, 0.15) is 43.9 Å². The first-order valence-corrected chi connectivity index (χ1v) is 11.1. The van der Waals surface area contributed by atoms with Gasteiger partial charge in [0.1, 0.15) is 5.82 Å². The molecule has 150 valence electrons. The number of piperidine rings is 1. The third-order valence-electron chi connectivity index (χ3n) is 5.24. The van der Waals surface area contributed by atoms with Crippen LogP contribution in [0.5, 0.6) is 0 Å². The van der Waals surface area contributed by atoms with Crippen LogP contribution in [0.4, 0.5) is 10.1 Å². The van der Waals surface area contributed by atoms with E-state index in [0.29, 0.717) is 17.1 Å². The molecule has 2 aromatic carbocycles. The minimum atomic E-state index is -0.216. The van der Waals surface area contributed by atoms with Gasteiger partial charge in [0.05, 0.1) is 11.8 Å². The van der Waals surface area contributed by atoms with Crippen LogP contribution in [-0.2, 0) is 10.5 Å². The zero-order valence-electron chi connectivity index (χ0n) is 16.7. The Bertz CT molecular complexity index is 780. The Labute approximate surface area is 171 Å². The lowest BCUT2D eigenvalue weighted by Gasteiger charge is -2.33. The molecule has 0 spiro atoms. The van der Waals surface area contributed by atoms with Crippen LogP contribution in [0, 0.1) is 11.7 Å². The summed E-state index contributed by atoms with van der Waals surface area (Å²) in [4.78, 5) is 14.7. The number of carbonyl (C=O) groups excluding carboxylic acids is 1. The van der Waals surface area contributed by atoms with Gasteiger partial charge in [0.15, 0.2) is 0 Å². The monoisotopic (exact) mass is 400 g/mol. The second-order valence-electron chi connectivity index (χ2n) is 7.66. The number of amides is 1. The lowest BCUT2D eigenvalue weighted by atomic mass is 9.99. The maximum atomic E-state index is 13.6. The SMILES string of the molecule is C[C@H]1CCCN(c2ccc([C@H](C)NC(=O)CSCc3ccccc3F)cc2)C1. The van der Waals surface area contributed by atoms with Crippen molar-refractivity contribution in [3.05, 3.63) is 65.5 Å². The van der Waals surface area contributed by atoms with Crippen LogP contribution in [0.3, 0.4) is 0 Å². The van der Waals surface area contributed by atoms with Crippen molar-refractivity contribution in [1.29, 1.82) is 0 Å². The quantitative estimate of drug-likeness (QED) is 0.696. The van der Waals surface area contributed by atoms with Gasteiger partial charge in [-0.2, -0.15) is 0 Å². The lowest BCUT2D eigenvalue weighted by Crippen LogP contribution is -2.34. The molecule has 0 saturated carbocycles. The van der Waals surface area contributed by atoms with Crippen molar-refractivity contribution in [1.82, 2.24) is 5.32 Å². The average molecular weight is 401 g/mol. The maximum absolute atomic E-state index is 13.6. The van der Waals surface area contributed by atoms with E-state index < -0.39 is 0 Å². The van der Waals surface area contributed by atoms with Crippen LogP contribution in [0.15, 0.2) is 48.5 Å². The first kappa shape index (κ1) is 20.7. The molecule has 0 bridgehead atoms. The van der Waals surface area contributed by atoms with Gasteiger partial charge in [-0.25, -0.2) is 4.39 Å². The number of halogens is 1. The van der Waals surface area contributed by atoms with Crippen molar-refractivity contribution in [3.63, 3.8) is 0 Å². The predicted molar refractivity (Wildman–Crippen MR) is 116 cm³/mol. The summed E-state index contributed by atoms with van der Waals surface area (Å²) in [6.07, 6.45) is 2.56. The van der Waals surface area contributed by atoms with Crippen molar-refractivity contribution in [3.8, 4) is 0 Å². The minimum absolute atomic E-state index is 0.0252. The van der Waals surface area contributed by atoms with Crippen LogP contribution in [-0.4, -0.2) is 24.7 Å². The van der Waals surface area contributed by atoms with Crippen molar-refractivity contribution in [2.45, 2.75) is 38.5 Å². The number of nitrogens with zero attached hydrogens (tertiary/aromatic N) is 1. The Hall–Kier alpha value is -2.01. The second-order valence-corrected chi connectivity index (χ2v) is 8.64. The van der Waals surface area contributed by atoms with Crippen molar-refractivity contribution >= 4 is 23.4 Å². The summed E-state index contributed by atoms with van der Waals surface area (Å²) in [5.74, 6) is 1.32. The topological polar surface area (TPSA) is 32.3 Å². The van der Waals surface area contributed by atoms with Gasteiger partial charge < -0.3 is 10.2 Å². The number of benzene rings is 2. The highest BCUT2D eigenvalue weighted by molar-refractivity contribution is 7.99. The molecule has 1 saturated heterocycles. The number of nitrogens with one attached hydrogen (secondary N) is 1. The second kappa shape index (κ2) is 9.97. The number of carbonyl (C=O) groups is 1. The standard InChI is InChI=1S/C23H29FN2OS/c1-17-6-5-13-26(14-17)21-11-9-19(10-12-21)18(2)25-23(27)16-28-15-20-7-3-4-8-22(20)24/h3-4,7-12,17-18H,5-6,13-16H2,1-2H3,(H,25,27)/t17-,18-/m0/s1. The van der Waals surface area contributed by atoms with Gasteiger partial charge in [0.25, 0.3) is 0 Å². The van der Waals surface area contributed by atoms with Crippen LogP contribution in [0.25, 0.3) is 0 Å². The fourth-order valence-corrected chi connectivity index (χ4v) is 4.46. The normalized spacial score (nSPS) is 18.0. The molecule has 3 rings (SSSR count). The zero-order chi connectivity index (χ0) is 19.9. The number of hydrogen-bond acceptors (Lipinski definition) is 3. The summed E-state index contributed by atoms with van der Waals surface area (Å²) in [5.41, 5.74) is 2.99. The number of hydrogen-bond donors (Lipinski definition) is 1. The van der Waals surface area contributed by atoms with E-state index in [4.69, 9.17) is 0 Å². The molecule has 0 aromatic heterocycles. The Kier molecular flexibility index (Phi) is 7.37. The summed E-state index contributed by atoms with van der Waals surface area (Å²) < 4.78 is 13.6. The summed E-state index contributed by atoms with van der Waals surface area (Å²) in [6.45, 7) is 6.54. The molecule has 0 radical (unpaired) electrons. The third kappa shape index (κ3) is 5.74. The van der Waals surface area contributed by atoms with Crippen molar-refractivity contribution in [2.75, 3.05) is 23.7 Å². The molecular weight excluding hydrogens is 371 g/mol. The summed E-state index contributed by atoms with van der Waals surface area (Å²) >= 11 is 1.43. The summed E-state index contributed by atoms with van der Waals surface area (Å²) in [6, 6.07) is 15.2. The molecule has 1 fully saturated rings. The summed E-state index contributed by atoms with van der Waals surface area (Å²) in [7, 11) is 0. The van der Waals surface area contributed by atoms with E-state index in [0.717, 1.165) is 24.6 Å². The van der Waals surface area contributed by atoms with E-state index in [1.54, 1.807) is 12.1 Å². The van der Waals surface area contributed by atoms with Gasteiger partial charge in [-0.3, -0.25) is 4.79 Å². The molecule has 3 nitrogen and oxygen atoms in total.